The van der Waals surface area contributed by atoms with Crippen molar-refractivity contribution in [3.8, 4) is 16.3 Å². The largest absolute Gasteiger partial charge is 0.465 e. The normalized spacial score (nSPS) is 11.6. The molecule has 0 aliphatic carbocycles. The topological polar surface area (TPSA) is 81.5 Å². The third-order valence-corrected chi connectivity index (χ3v) is 7.60. The van der Waals surface area contributed by atoms with Gasteiger partial charge in [0.05, 0.1) is 28.1 Å². The number of aromatic nitrogens is 2. The molecule has 32 heavy (non-hydrogen) atoms. The van der Waals surface area contributed by atoms with Gasteiger partial charge >= 0.3 is 5.97 Å². The minimum Gasteiger partial charge on any atom is -0.465 e. The van der Waals surface area contributed by atoms with Gasteiger partial charge in [-0.15, -0.1) is 11.3 Å². The third-order valence-electron chi connectivity index (χ3n) is 4.92. The van der Waals surface area contributed by atoms with Crippen molar-refractivity contribution in [1.82, 2.24) is 14.1 Å². The van der Waals surface area contributed by atoms with Gasteiger partial charge in [-0.05, 0) is 41.8 Å². The predicted molar refractivity (Wildman–Crippen MR) is 123 cm³/mol. The number of carbonyl (C=O) groups is 1. The number of nitrogens with zero attached hydrogens (tertiary/aromatic N) is 3. The second kappa shape index (κ2) is 9.07. The number of rotatable bonds is 7. The molecule has 0 saturated carbocycles. The van der Waals surface area contributed by atoms with Crippen LogP contribution in [0.25, 0.3) is 16.3 Å². The summed E-state index contributed by atoms with van der Waals surface area (Å²) in [6.45, 7) is 0.116. The first-order valence-corrected chi connectivity index (χ1v) is 12.0. The summed E-state index contributed by atoms with van der Waals surface area (Å²) in [7, 11) is -1.08. The molecular weight excluding hydrogens is 446 g/mol. The first kappa shape index (κ1) is 21.9. The Labute approximate surface area is 190 Å². The fourth-order valence-electron chi connectivity index (χ4n) is 3.27. The number of methoxy groups -OCH3 is 1. The number of ether oxygens (including phenoxy) is 1. The molecule has 0 bridgehead atoms. The zero-order valence-corrected chi connectivity index (χ0v) is 19.1. The fraction of sp³-hybridized carbons (Fsp3) is 0.130. The van der Waals surface area contributed by atoms with Gasteiger partial charge in [0.1, 0.15) is 5.69 Å². The van der Waals surface area contributed by atoms with Gasteiger partial charge in [0.25, 0.3) is 0 Å². The van der Waals surface area contributed by atoms with E-state index in [1.165, 1.54) is 42.7 Å². The molecule has 0 atom stereocenters. The highest BCUT2D eigenvalue weighted by molar-refractivity contribution is 7.89. The van der Waals surface area contributed by atoms with Crippen LogP contribution in [0.2, 0.25) is 0 Å². The fourth-order valence-corrected chi connectivity index (χ4v) is 5.21. The molecule has 4 rings (SSSR count). The highest BCUT2D eigenvalue weighted by Crippen LogP contribution is 2.29. The van der Waals surface area contributed by atoms with Crippen LogP contribution in [-0.4, -0.2) is 42.6 Å². The lowest BCUT2D eigenvalue weighted by Gasteiger charge is -2.17. The lowest BCUT2D eigenvalue weighted by atomic mass is 10.2. The molecule has 0 saturated heterocycles. The molecule has 2 aromatic heterocycles. The van der Waals surface area contributed by atoms with E-state index in [0.717, 1.165) is 21.8 Å². The molecule has 0 aliphatic rings. The van der Waals surface area contributed by atoms with Crippen LogP contribution in [0.15, 0.2) is 83.2 Å². The standard InChI is InChI=1S/C23H21N3O4S2/c1-25(32(28,29)20-11-6-8-17(14-20)23(27)30-2)15-18-16-26(19-9-4-3-5-10-19)24-22(18)21-12-7-13-31-21/h3-14,16H,15H2,1-2H3. The van der Waals surface area contributed by atoms with Crippen molar-refractivity contribution in [2.45, 2.75) is 11.4 Å². The van der Waals surface area contributed by atoms with Crippen molar-refractivity contribution in [3.63, 3.8) is 0 Å². The summed E-state index contributed by atoms with van der Waals surface area (Å²) < 4.78 is 34.2. The SMILES string of the molecule is COC(=O)c1cccc(S(=O)(=O)N(C)Cc2cn(-c3ccccc3)nc2-c2cccs2)c1. The lowest BCUT2D eigenvalue weighted by molar-refractivity contribution is 0.0600. The van der Waals surface area contributed by atoms with Gasteiger partial charge < -0.3 is 4.74 Å². The van der Waals surface area contributed by atoms with Gasteiger partial charge in [0.2, 0.25) is 10.0 Å². The molecule has 0 N–H and O–H groups in total. The minimum absolute atomic E-state index is 0.0241. The van der Waals surface area contributed by atoms with E-state index in [2.05, 4.69) is 0 Å². The van der Waals surface area contributed by atoms with Crippen LogP contribution in [0, 0.1) is 0 Å². The molecule has 4 aromatic rings. The Morgan fingerprint density at radius 3 is 2.56 bits per heavy atom. The van der Waals surface area contributed by atoms with E-state index < -0.39 is 16.0 Å². The quantitative estimate of drug-likeness (QED) is 0.380. The second-order valence-corrected chi connectivity index (χ2v) is 10.0. The summed E-state index contributed by atoms with van der Waals surface area (Å²) >= 11 is 1.54. The summed E-state index contributed by atoms with van der Waals surface area (Å²) in [5.74, 6) is -0.589. The van der Waals surface area contributed by atoms with Gasteiger partial charge in [-0.3, -0.25) is 0 Å². The Bertz CT molecular complexity index is 1330. The van der Waals surface area contributed by atoms with Gasteiger partial charge in [0.15, 0.2) is 0 Å². The molecule has 0 radical (unpaired) electrons. The van der Waals surface area contributed by atoms with Crippen molar-refractivity contribution >= 4 is 27.3 Å². The van der Waals surface area contributed by atoms with Crippen molar-refractivity contribution in [1.29, 1.82) is 0 Å². The monoisotopic (exact) mass is 467 g/mol. The Morgan fingerprint density at radius 1 is 1.09 bits per heavy atom. The first-order valence-electron chi connectivity index (χ1n) is 9.72. The molecule has 164 valence electrons. The average molecular weight is 468 g/mol. The van der Waals surface area contributed by atoms with Gasteiger partial charge in [0, 0.05) is 25.4 Å². The van der Waals surface area contributed by atoms with Crippen LogP contribution < -0.4 is 0 Å². The van der Waals surface area contributed by atoms with Crippen LogP contribution in [0.3, 0.4) is 0 Å². The number of esters is 1. The van der Waals surface area contributed by atoms with Crippen molar-refractivity contribution in [2.24, 2.45) is 0 Å². The predicted octanol–water partition coefficient (Wildman–Crippen LogP) is 4.21. The van der Waals surface area contributed by atoms with Gasteiger partial charge in [-0.2, -0.15) is 9.40 Å². The molecule has 0 fully saturated rings. The first-order chi connectivity index (χ1) is 15.4. The number of hydrogen-bond donors (Lipinski definition) is 0. The molecule has 0 amide bonds. The summed E-state index contributed by atoms with van der Waals surface area (Å²) in [5, 5.41) is 6.68. The maximum absolute atomic E-state index is 13.2. The Morgan fingerprint density at radius 2 is 1.88 bits per heavy atom. The van der Waals surface area contributed by atoms with E-state index in [0.29, 0.717) is 0 Å². The van der Waals surface area contributed by atoms with Gasteiger partial charge in [-0.25, -0.2) is 17.9 Å². The maximum Gasteiger partial charge on any atom is 0.337 e. The average Bonchev–Trinajstić information content (AvgIpc) is 3.49. The maximum atomic E-state index is 13.2. The summed E-state index contributed by atoms with van der Waals surface area (Å²) in [4.78, 5) is 12.8. The number of benzene rings is 2. The molecule has 2 heterocycles. The number of para-hydroxylation sites is 1. The number of sulfonamides is 1. The van der Waals surface area contributed by atoms with E-state index in [9.17, 15) is 13.2 Å². The highest BCUT2D eigenvalue weighted by Gasteiger charge is 2.25. The summed E-state index contributed by atoms with van der Waals surface area (Å²) in [6, 6.07) is 19.4. The van der Waals surface area contributed by atoms with Crippen LogP contribution in [-0.2, 0) is 21.3 Å². The third kappa shape index (κ3) is 4.36. The van der Waals surface area contributed by atoms with E-state index in [4.69, 9.17) is 9.84 Å². The summed E-state index contributed by atoms with van der Waals surface area (Å²) in [5.41, 5.74) is 2.56. The highest BCUT2D eigenvalue weighted by atomic mass is 32.2. The van der Waals surface area contributed by atoms with Gasteiger partial charge in [-0.1, -0.05) is 30.3 Å². The molecule has 0 unspecified atom stereocenters. The second-order valence-electron chi connectivity index (χ2n) is 7.04. The van der Waals surface area contributed by atoms with E-state index in [1.54, 1.807) is 16.0 Å². The Balaban J connectivity index is 1.69. The molecule has 2 aromatic carbocycles. The lowest BCUT2D eigenvalue weighted by Crippen LogP contribution is -2.26. The van der Waals surface area contributed by atoms with Crippen LogP contribution in [0.4, 0.5) is 0 Å². The number of hydrogen-bond acceptors (Lipinski definition) is 6. The molecule has 0 spiro atoms. The number of thiophene rings is 1. The molecule has 0 aliphatic heterocycles. The van der Waals surface area contributed by atoms with Crippen molar-refractivity contribution < 1.29 is 17.9 Å². The Hall–Kier alpha value is -3.27. The number of carbonyl (C=O) groups excluding carboxylic acids is 1. The zero-order chi connectivity index (χ0) is 22.7. The van der Waals surface area contributed by atoms with Crippen LogP contribution in [0.5, 0.6) is 0 Å². The smallest absolute Gasteiger partial charge is 0.337 e. The molecule has 7 nitrogen and oxygen atoms in total. The van der Waals surface area contributed by atoms with Crippen LogP contribution >= 0.6 is 11.3 Å². The van der Waals surface area contributed by atoms with Crippen molar-refractivity contribution in [3.05, 3.63) is 89.4 Å². The van der Waals surface area contributed by atoms with E-state index >= 15 is 0 Å². The minimum atomic E-state index is -3.85. The molecule has 9 heteroatoms. The van der Waals surface area contributed by atoms with Crippen LogP contribution in [0.1, 0.15) is 15.9 Å². The molecular formula is C23H21N3O4S2. The zero-order valence-electron chi connectivity index (χ0n) is 17.5. The van der Waals surface area contributed by atoms with E-state index in [1.807, 2.05) is 54.0 Å². The van der Waals surface area contributed by atoms with E-state index in [-0.39, 0.29) is 17.0 Å². The summed E-state index contributed by atoms with van der Waals surface area (Å²) in [6.07, 6.45) is 1.85. The Kier molecular flexibility index (Phi) is 6.22. The van der Waals surface area contributed by atoms with Crippen molar-refractivity contribution in [2.75, 3.05) is 14.2 Å².